The molecular formula is C27H39N7. The van der Waals surface area contributed by atoms with Crippen LogP contribution in [0.3, 0.4) is 0 Å². The van der Waals surface area contributed by atoms with Gasteiger partial charge < -0.3 is 16.0 Å². The average Bonchev–Trinajstić information content (AvgIpc) is 3.32. The third-order valence-corrected chi connectivity index (χ3v) is 5.82. The maximum Gasteiger partial charge on any atom is 0.149 e. The zero-order valence-electron chi connectivity index (χ0n) is 20.1. The molecule has 182 valence electrons. The van der Waals surface area contributed by atoms with E-state index in [0.29, 0.717) is 12.0 Å². The Kier molecular flexibility index (Phi) is 7.88. The Balaban J connectivity index is 0.000000673. The number of fused-ring (bicyclic) bond motifs is 1. The van der Waals surface area contributed by atoms with Gasteiger partial charge in [0.2, 0.25) is 0 Å². The van der Waals surface area contributed by atoms with Gasteiger partial charge in [-0.15, -0.1) is 0 Å². The smallest absolute Gasteiger partial charge is 0.149 e. The molecule has 4 aromatic rings. The van der Waals surface area contributed by atoms with Crippen LogP contribution in [0.1, 0.15) is 28.4 Å². The largest absolute Gasteiger partial charge is 0.380 e. The van der Waals surface area contributed by atoms with Crippen molar-refractivity contribution in [3.63, 3.8) is 0 Å². The number of benzene rings is 1. The standard InChI is InChI=1S/C21H27N7.C6H6.3H2/c1-14(16-5-4-15(2)23-8-16)7-22-11-19-12-24-20-6-17(9-25-21(20)27-19)18-10-26-28(3)13-18;1-2-4-6-5-3-1;;;/h4-6,8-10,13-14,19,22,24H,7,11-12H2,1-3H3,(H,25,27);1-6H;3*1H/t14-,19+;;;;/m1..../s1. The zero-order chi connectivity index (χ0) is 23.8. The molecule has 3 aromatic heterocycles. The maximum atomic E-state index is 4.61. The van der Waals surface area contributed by atoms with E-state index in [1.54, 1.807) is 4.68 Å². The van der Waals surface area contributed by atoms with Crippen molar-refractivity contribution in [3.8, 4) is 11.1 Å². The van der Waals surface area contributed by atoms with Crippen molar-refractivity contribution in [3.05, 3.63) is 90.6 Å². The minimum Gasteiger partial charge on any atom is -0.380 e. The molecule has 0 fully saturated rings. The van der Waals surface area contributed by atoms with Gasteiger partial charge in [0.1, 0.15) is 5.82 Å². The van der Waals surface area contributed by atoms with Crippen LogP contribution in [0.2, 0.25) is 0 Å². The van der Waals surface area contributed by atoms with E-state index in [1.165, 1.54) is 5.56 Å². The van der Waals surface area contributed by atoms with E-state index in [2.05, 4.69) is 56.1 Å². The summed E-state index contributed by atoms with van der Waals surface area (Å²) in [5.74, 6) is 1.33. The highest BCUT2D eigenvalue weighted by Crippen LogP contribution is 2.29. The molecule has 0 spiro atoms. The van der Waals surface area contributed by atoms with E-state index in [1.807, 2.05) is 75.2 Å². The van der Waals surface area contributed by atoms with Crippen LogP contribution in [0.4, 0.5) is 11.5 Å². The van der Waals surface area contributed by atoms with Crippen molar-refractivity contribution in [2.24, 2.45) is 7.05 Å². The lowest BCUT2D eigenvalue weighted by Gasteiger charge is -2.28. The SMILES string of the molecule is Cc1ccc([C@H](C)CNC[C@H]2CNc3cc(-c4cnn(C)c4)cnc3N2)cn1.[HH].[HH].[HH].c1ccccc1. The lowest BCUT2D eigenvalue weighted by atomic mass is 10.0. The Labute approximate surface area is 206 Å². The van der Waals surface area contributed by atoms with Crippen molar-refractivity contribution < 1.29 is 4.28 Å². The molecule has 7 heteroatoms. The van der Waals surface area contributed by atoms with Gasteiger partial charge >= 0.3 is 0 Å². The Morgan fingerprint density at radius 1 is 1.06 bits per heavy atom. The molecule has 1 aliphatic rings. The minimum atomic E-state index is 0. The van der Waals surface area contributed by atoms with Gasteiger partial charge in [0.15, 0.2) is 0 Å². The molecule has 7 nitrogen and oxygen atoms in total. The fourth-order valence-corrected chi connectivity index (χ4v) is 3.79. The van der Waals surface area contributed by atoms with Crippen molar-refractivity contribution >= 4 is 11.5 Å². The van der Waals surface area contributed by atoms with Gasteiger partial charge in [-0.2, -0.15) is 5.10 Å². The first-order chi connectivity index (χ1) is 16.6. The van der Waals surface area contributed by atoms with Gasteiger partial charge in [-0.3, -0.25) is 9.67 Å². The number of hydrogen-bond acceptors (Lipinski definition) is 6. The minimum absolute atomic E-state index is 0. The number of nitrogens with one attached hydrogen (secondary N) is 3. The van der Waals surface area contributed by atoms with Crippen LogP contribution >= 0.6 is 0 Å². The molecule has 34 heavy (non-hydrogen) atoms. The normalized spacial score (nSPS) is 15.2. The highest BCUT2D eigenvalue weighted by molar-refractivity contribution is 5.75. The highest BCUT2D eigenvalue weighted by Gasteiger charge is 2.19. The fraction of sp³-hybridized carbons (Fsp3) is 0.296. The first kappa shape index (κ1) is 23.4. The third-order valence-electron chi connectivity index (χ3n) is 5.82. The van der Waals surface area contributed by atoms with Crippen LogP contribution in [-0.4, -0.2) is 45.4 Å². The first-order valence-corrected chi connectivity index (χ1v) is 11.7. The number of pyridine rings is 2. The average molecular weight is 462 g/mol. The van der Waals surface area contributed by atoms with Crippen LogP contribution < -0.4 is 16.0 Å². The van der Waals surface area contributed by atoms with Crippen molar-refractivity contribution in [1.29, 1.82) is 0 Å². The lowest BCUT2D eigenvalue weighted by Crippen LogP contribution is -2.42. The summed E-state index contributed by atoms with van der Waals surface area (Å²) in [5, 5.41) is 14.8. The summed E-state index contributed by atoms with van der Waals surface area (Å²) in [6, 6.07) is 18.7. The summed E-state index contributed by atoms with van der Waals surface area (Å²) in [6.45, 7) is 6.90. The third kappa shape index (κ3) is 6.42. The molecule has 4 heterocycles. The van der Waals surface area contributed by atoms with E-state index in [4.69, 9.17) is 0 Å². The number of aryl methyl sites for hydroxylation is 2. The molecule has 0 aliphatic carbocycles. The van der Waals surface area contributed by atoms with E-state index >= 15 is 0 Å². The summed E-state index contributed by atoms with van der Waals surface area (Å²) in [7, 11) is 1.92. The quantitative estimate of drug-likeness (QED) is 0.366. The topological polar surface area (TPSA) is 79.7 Å². The molecule has 1 aromatic carbocycles. The molecule has 0 saturated heterocycles. The molecule has 0 bridgehead atoms. The number of rotatable bonds is 6. The Morgan fingerprint density at radius 2 is 1.82 bits per heavy atom. The number of nitrogens with zero attached hydrogens (tertiary/aromatic N) is 4. The molecule has 1 aliphatic heterocycles. The molecule has 0 unspecified atom stereocenters. The molecular weight excluding hydrogens is 422 g/mol. The van der Waals surface area contributed by atoms with Crippen LogP contribution in [-0.2, 0) is 7.05 Å². The molecule has 5 rings (SSSR count). The molecule has 0 amide bonds. The van der Waals surface area contributed by atoms with Crippen LogP contribution in [0.5, 0.6) is 0 Å². The monoisotopic (exact) mass is 461 g/mol. The second kappa shape index (κ2) is 11.4. The number of hydrogen-bond donors (Lipinski definition) is 3. The summed E-state index contributed by atoms with van der Waals surface area (Å²) in [6.07, 6.45) is 7.73. The van der Waals surface area contributed by atoms with E-state index in [-0.39, 0.29) is 4.28 Å². The first-order valence-electron chi connectivity index (χ1n) is 11.7. The Morgan fingerprint density at radius 3 is 2.47 bits per heavy atom. The lowest BCUT2D eigenvalue weighted by molar-refractivity contribution is 0.571. The fourth-order valence-electron chi connectivity index (χ4n) is 3.79. The van der Waals surface area contributed by atoms with Gasteiger partial charge in [0.05, 0.1) is 17.9 Å². The summed E-state index contributed by atoms with van der Waals surface area (Å²) in [5.41, 5.74) is 5.50. The molecule has 0 saturated carbocycles. The second-order valence-corrected chi connectivity index (χ2v) is 8.69. The summed E-state index contributed by atoms with van der Waals surface area (Å²) >= 11 is 0. The number of anilines is 2. The van der Waals surface area contributed by atoms with Crippen molar-refractivity contribution in [2.45, 2.75) is 25.8 Å². The molecule has 2 atom stereocenters. The number of aromatic nitrogens is 4. The highest BCUT2D eigenvalue weighted by atomic mass is 15.2. The predicted octanol–water partition coefficient (Wildman–Crippen LogP) is 5.21. The Hall–Kier alpha value is -3.71. The molecule has 0 radical (unpaired) electrons. The van der Waals surface area contributed by atoms with Crippen LogP contribution in [0.15, 0.2) is 79.4 Å². The second-order valence-electron chi connectivity index (χ2n) is 8.69. The van der Waals surface area contributed by atoms with Gasteiger partial charge in [-0.1, -0.05) is 49.4 Å². The van der Waals surface area contributed by atoms with E-state index < -0.39 is 0 Å². The van der Waals surface area contributed by atoms with E-state index in [9.17, 15) is 0 Å². The van der Waals surface area contributed by atoms with Crippen molar-refractivity contribution in [2.75, 3.05) is 30.3 Å². The summed E-state index contributed by atoms with van der Waals surface area (Å²) < 4.78 is 1.80. The van der Waals surface area contributed by atoms with Crippen LogP contribution in [0, 0.1) is 6.92 Å². The van der Waals surface area contributed by atoms with E-state index in [0.717, 1.165) is 48.0 Å². The molecule has 3 N–H and O–H groups in total. The Bertz CT molecular complexity index is 1140. The van der Waals surface area contributed by atoms with Crippen molar-refractivity contribution in [1.82, 2.24) is 25.1 Å². The van der Waals surface area contributed by atoms with Gasteiger partial charge in [0.25, 0.3) is 0 Å². The summed E-state index contributed by atoms with van der Waals surface area (Å²) in [4.78, 5) is 9.00. The van der Waals surface area contributed by atoms with Crippen LogP contribution in [0.25, 0.3) is 11.1 Å². The predicted molar refractivity (Wildman–Crippen MR) is 145 cm³/mol. The zero-order valence-corrected chi connectivity index (χ0v) is 20.1. The van der Waals surface area contributed by atoms with Gasteiger partial charge in [-0.25, -0.2) is 4.98 Å². The van der Waals surface area contributed by atoms with Gasteiger partial charge in [0, 0.05) is 66.4 Å². The maximum absolute atomic E-state index is 4.61. The van der Waals surface area contributed by atoms with Gasteiger partial charge in [-0.05, 0) is 30.5 Å².